The molecule has 2 heterocycles. The van der Waals surface area contributed by atoms with E-state index in [1.807, 2.05) is 0 Å². The summed E-state index contributed by atoms with van der Waals surface area (Å²) in [4.78, 5) is 26.2. The van der Waals surface area contributed by atoms with Crippen LogP contribution >= 0.6 is 8.25 Å². The van der Waals surface area contributed by atoms with Crippen molar-refractivity contribution in [2.45, 2.75) is 131 Å². The van der Waals surface area contributed by atoms with Crippen molar-refractivity contribution in [1.29, 1.82) is 0 Å². The van der Waals surface area contributed by atoms with Crippen molar-refractivity contribution in [1.82, 2.24) is 9.55 Å². The average molecular weight is 656 g/mol. The number of ether oxygens (including phenoxy) is 1. The zero-order valence-electron chi connectivity index (χ0n) is 28.8. The van der Waals surface area contributed by atoms with Crippen LogP contribution in [0.2, 0.25) is 0 Å². The van der Waals surface area contributed by atoms with E-state index in [9.17, 15) is 14.2 Å². The maximum Gasteiger partial charge on any atom is 0.697 e. The molecule has 1 unspecified atom stereocenters. The number of aryl methyl sites for hydroxylation is 1. The highest BCUT2D eigenvalue weighted by Gasteiger charge is 2.59. The number of allylic oxidation sites excluding steroid dienone is 1. The van der Waals surface area contributed by atoms with Crippen LogP contribution in [-0.4, -0.2) is 28.4 Å². The van der Waals surface area contributed by atoms with Gasteiger partial charge in [-0.2, -0.15) is 0 Å². The Kier molecular flexibility index (Phi) is 10.0. The van der Waals surface area contributed by atoms with Crippen LogP contribution in [0, 0.1) is 53.3 Å². The van der Waals surface area contributed by atoms with Gasteiger partial charge < -0.3 is 4.74 Å². The van der Waals surface area contributed by atoms with Gasteiger partial charge in [0.15, 0.2) is 6.23 Å². The van der Waals surface area contributed by atoms with Crippen LogP contribution in [-0.2, 0) is 18.3 Å². The van der Waals surface area contributed by atoms with Crippen molar-refractivity contribution in [3.63, 3.8) is 0 Å². The number of aromatic nitrogens is 2. The van der Waals surface area contributed by atoms with E-state index in [4.69, 9.17) is 13.8 Å². The van der Waals surface area contributed by atoms with Gasteiger partial charge >= 0.3 is 13.9 Å². The number of nitrogens with zero attached hydrogens (tertiary/aromatic N) is 1. The lowest BCUT2D eigenvalue weighted by Gasteiger charge is -2.58. The summed E-state index contributed by atoms with van der Waals surface area (Å²) < 4.78 is 31.7. The van der Waals surface area contributed by atoms with Gasteiger partial charge in [-0.3, -0.25) is 14.3 Å². The molecule has 1 N–H and O–H groups in total. The molecule has 254 valence electrons. The number of H-pyrrole nitrogens is 1. The van der Waals surface area contributed by atoms with Crippen LogP contribution < -0.4 is 11.2 Å². The van der Waals surface area contributed by atoms with Gasteiger partial charge in [0.25, 0.3) is 5.56 Å². The predicted molar refractivity (Wildman–Crippen MR) is 181 cm³/mol. The van der Waals surface area contributed by atoms with Crippen LogP contribution in [0.3, 0.4) is 0 Å². The summed E-state index contributed by atoms with van der Waals surface area (Å²) in [6.45, 7) is 14.1. The molecule has 11 atom stereocenters. The first-order valence-corrected chi connectivity index (χ1v) is 19.1. The maximum absolute atomic E-state index is 12.9. The summed E-state index contributed by atoms with van der Waals surface area (Å²) >= 11 is 0. The van der Waals surface area contributed by atoms with Crippen LogP contribution in [0.4, 0.5) is 0 Å². The molecule has 6 rings (SSSR count). The van der Waals surface area contributed by atoms with Crippen LogP contribution in [0.1, 0.15) is 117 Å². The second-order valence-corrected chi connectivity index (χ2v) is 17.1. The number of aromatic amines is 1. The molecular weight excluding hydrogens is 599 g/mol. The minimum Gasteiger partial charge on any atom is -0.344 e. The third-order valence-corrected chi connectivity index (χ3v) is 13.9. The molecule has 0 amide bonds. The molecule has 3 saturated carbocycles. The minimum absolute atomic E-state index is 0.0632. The molecule has 0 saturated heterocycles. The van der Waals surface area contributed by atoms with Gasteiger partial charge in [0.1, 0.15) is 18.8 Å². The van der Waals surface area contributed by atoms with Gasteiger partial charge in [-0.25, -0.2) is 4.79 Å². The molecule has 0 spiro atoms. The third kappa shape index (κ3) is 6.58. The molecule has 5 aliphatic rings. The van der Waals surface area contributed by atoms with Gasteiger partial charge in [0, 0.05) is 22.7 Å². The smallest absolute Gasteiger partial charge is 0.344 e. The maximum atomic E-state index is 12.9. The Balaban J connectivity index is 1.01. The molecule has 46 heavy (non-hydrogen) atoms. The Morgan fingerprint density at radius 3 is 2.65 bits per heavy atom. The molecule has 3 fully saturated rings. The van der Waals surface area contributed by atoms with Crippen LogP contribution in [0.5, 0.6) is 0 Å². The van der Waals surface area contributed by atoms with E-state index < -0.39 is 31.8 Å². The molecule has 0 bridgehead atoms. The lowest BCUT2D eigenvalue weighted by Crippen LogP contribution is -2.50. The Hall–Kier alpha value is -1.86. The Bertz CT molecular complexity index is 1460. The lowest BCUT2D eigenvalue weighted by atomic mass is 9.47. The van der Waals surface area contributed by atoms with Gasteiger partial charge in [-0.1, -0.05) is 71.6 Å². The highest BCUT2D eigenvalue weighted by atomic mass is 31.1. The topological polar surface area (TPSA) is 99.6 Å². The van der Waals surface area contributed by atoms with Crippen LogP contribution in [0.25, 0.3) is 0 Å². The Morgan fingerprint density at radius 2 is 1.87 bits per heavy atom. The standard InChI is InChI=1S/C37H55N2O6P/c1-23(2)8-7-9-24(3)30-13-14-31-29-12-10-26-20-27(16-18-36(26,5)32(29)17-19-37(30,31)6)45-46(42)43-22-28-11-15-33(44-28)39-21-25(4)34(40)38-35(39)41/h10-11,15,21,23-24,27-33H,7-9,12-14,16-20,22H2,1-6H3/p+1/t24-,27+,28+,29+,30-,31+,32+,33-,36+,37-/m1/s1. The lowest BCUT2D eigenvalue weighted by molar-refractivity contribution is -0.0565. The third-order valence-electron chi connectivity index (χ3n) is 13.1. The van der Waals surface area contributed by atoms with Crippen molar-refractivity contribution in [3.05, 3.63) is 56.4 Å². The van der Waals surface area contributed by atoms with E-state index in [-0.39, 0.29) is 18.1 Å². The molecule has 0 radical (unpaired) electrons. The van der Waals surface area contributed by atoms with Gasteiger partial charge in [0.2, 0.25) is 0 Å². The van der Waals surface area contributed by atoms with E-state index in [1.54, 1.807) is 19.1 Å². The number of hydrogen-bond acceptors (Lipinski definition) is 6. The van der Waals surface area contributed by atoms with Gasteiger partial charge in [0.05, 0.1) is 0 Å². The number of hydrogen-bond donors (Lipinski definition) is 1. The van der Waals surface area contributed by atoms with Gasteiger partial charge in [-0.05, 0) is 104 Å². The molecule has 8 nitrogen and oxygen atoms in total. The fraction of sp³-hybridized carbons (Fsp3) is 0.784. The molecular formula is C37H56N2O6P+. The molecule has 9 heteroatoms. The van der Waals surface area contributed by atoms with Gasteiger partial charge in [-0.15, -0.1) is 9.05 Å². The van der Waals surface area contributed by atoms with Crippen molar-refractivity contribution in [3.8, 4) is 0 Å². The normalized spacial score (nSPS) is 37.8. The van der Waals surface area contributed by atoms with E-state index in [0.717, 1.165) is 54.8 Å². The number of fused-ring (bicyclic) bond motifs is 5. The Labute approximate surface area is 275 Å². The second-order valence-electron chi connectivity index (χ2n) is 16.2. The van der Waals surface area contributed by atoms with Crippen molar-refractivity contribution in [2.24, 2.45) is 46.3 Å². The number of nitrogens with one attached hydrogen (secondary N) is 1. The first-order chi connectivity index (χ1) is 21.9. The predicted octanol–water partition coefficient (Wildman–Crippen LogP) is 8.40. The molecule has 1 aromatic heterocycles. The SMILES string of the molecule is Cc1cn([C@H]2C=C[C@@H](CO[P+](=O)O[C@H]3CC[C@@]4(C)C(=CC[C@H]5[C@@H]6CC[C@H]([C@H](C)CCCC(C)C)[C@@]6(C)CC[C@@H]54)C3)O2)c(=O)[nH]c1=O. The van der Waals surface area contributed by atoms with E-state index in [2.05, 4.69) is 45.7 Å². The van der Waals surface area contributed by atoms with E-state index in [0.29, 0.717) is 11.0 Å². The molecule has 1 aromatic rings. The van der Waals surface area contributed by atoms with Crippen molar-refractivity contribution < 1.29 is 18.3 Å². The molecule has 4 aliphatic carbocycles. The Morgan fingerprint density at radius 1 is 1.07 bits per heavy atom. The first kappa shape index (κ1) is 34.0. The van der Waals surface area contributed by atoms with Crippen molar-refractivity contribution in [2.75, 3.05) is 6.61 Å². The second kappa shape index (κ2) is 13.6. The summed E-state index contributed by atoms with van der Waals surface area (Å²) in [5, 5.41) is 0. The quantitative estimate of drug-likeness (QED) is 0.190. The summed E-state index contributed by atoms with van der Waals surface area (Å²) in [6, 6.07) is 0. The average Bonchev–Trinajstić information content (AvgIpc) is 3.62. The summed E-state index contributed by atoms with van der Waals surface area (Å²) in [7, 11) is -2.30. The highest BCUT2D eigenvalue weighted by Crippen LogP contribution is 2.67. The fourth-order valence-electron chi connectivity index (χ4n) is 10.5. The molecule has 0 aromatic carbocycles. The molecule has 1 aliphatic heterocycles. The zero-order chi connectivity index (χ0) is 32.8. The fourth-order valence-corrected chi connectivity index (χ4v) is 11.3. The monoisotopic (exact) mass is 655 g/mol. The largest absolute Gasteiger partial charge is 0.697 e. The first-order valence-electron chi connectivity index (χ1n) is 18.0. The minimum atomic E-state index is -2.30. The van der Waals surface area contributed by atoms with E-state index >= 15 is 0 Å². The summed E-state index contributed by atoms with van der Waals surface area (Å²) in [6.07, 6.45) is 20.0. The highest BCUT2D eigenvalue weighted by molar-refractivity contribution is 7.33. The number of rotatable bonds is 11. The van der Waals surface area contributed by atoms with Crippen LogP contribution in [0.15, 0.2) is 39.6 Å². The summed E-state index contributed by atoms with van der Waals surface area (Å²) in [5.74, 6) is 4.87. The van der Waals surface area contributed by atoms with Crippen molar-refractivity contribution >= 4 is 8.25 Å². The van der Waals surface area contributed by atoms with E-state index in [1.165, 1.54) is 67.7 Å². The zero-order valence-corrected chi connectivity index (χ0v) is 29.7. The summed E-state index contributed by atoms with van der Waals surface area (Å²) in [5.41, 5.74) is 1.69.